The summed E-state index contributed by atoms with van der Waals surface area (Å²) in [6, 6.07) is 14.2. The number of anilines is 2. The Morgan fingerprint density at radius 3 is 2.46 bits per heavy atom. The fourth-order valence-corrected chi connectivity index (χ4v) is 6.26. The monoisotopic (exact) mass is 571 g/mol. The van der Waals surface area contributed by atoms with E-state index in [1.54, 1.807) is 12.1 Å². The number of halogens is 1. The number of methoxy groups -OCH3 is 1. The third-order valence-corrected chi connectivity index (χ3v) is 8.21. The van der Waals surface area contributed by atoms with E-state index in [4.69, 9.17) is 4.74 Å². The maximum atomic E-state index is 13.8. The van der Waals surface area contributed by atoms with E-state index in [0.29, 0.717) is 16.8 Å². The van der Waals surface area contributed by atoms with Gasteiger partial charge in [0.05, 0.1) is 47.1 Å². The lowest BCUT2D eigenvalue weighted by atomic mass is 10.1. The summed E-state index contributed by atoms with van der Waals surface area (Å²) in [5.41, 5.74) is -0.0923. The lowest BCUT2D eigenvalue weighted by Gasteiger charge is -2.22. The van der Waals surface area contributed by atoms with Gasteiger partial charge in [0.25, 0.3) is 5.56 Å². The third kappa shape index (κ3) is 5.05. The number of sulfonamides is 1. The summed E-state index contributed by atoms with van der Waals surface area (Å²) >= 11 is 0. The lowest BCUT2D eigenvalue weighted by molar-refractivity contribution is 0.415. The molecule has 202 valence electrons. The molecule has 5 rings (SSSR count). The van der Waals surface area contributed by atoms with E-state index in [1.807, 2.05) is 0 Å². The van der Waals surface area contributed by atoms with Crippen molar-refractivity contribution in [2.45, 2.75) is 11.4 Å². The first-order valence-electron chi connectivity index (χ1n) is 11.4. The smallest absolute Gasteiger partial charge is 0.264 e. The first kappa shape index (κ1) is 26.3. The zero-order valence-corrected chi connectivity index (χ0v) is 22.2. The minimum absolute atomic E-state index is 0.00631. The number of rotatable bonds is 6. The van der Waals surface area contributed by atoms with Gasteiger partial charge in [-0.25, -0.2) is 21.2 Å². The second-order valence-corrected chi connectivity index (χ2v) is 12.4. The molecule has 39 heavy (non-hydrogen) atoms. The minimum Gasteiger partial charge on any atom is -0.506 e. The normalized spacial score (nSPS) is 14.3. The lowest BCUT2D eigenvalue weighted by Crippen LogP contribution is -2.27. The highest BCUT2D eigenvalue weighted by molar-refractivity contribution is 7.94. The van der Waals surface area contributed by atoms with Crippen LogP contribution < -0.4 is 20.3 Å². The van der Waals surface area contributed by atoms with E-state index >= 15 is 0 Å². The van der Waals surface area contributed by atoms with Gasteiger partial charge in [-0.15, -0.1) is 0 Å². The fraction of sp³-hybridized carbons (Fsp3) is 0.115. The number of aromatic nitrogens is 1. The molecule has 0 bridgehead atoms. The Morgan fingerprint density at radius 1 is 1.08 bits per heavy atom. The molecular weight excluding hydrogens is 549 g/mol. The van der Waals surface area contributed by atoms with Gasteiger partial charge in [0, 0.05) is 11.1 Å². The first-order chi connectivity index (χ1) is 18.4. The third-order valence-electron chi connectivity index (χ3n) is 6.10. The van der Waals surface area contributed by atoms with Gasteiger partial charge in [0.15, 0.2) is 0 Å². The Bertz CT molecular complexity index is 1950. The van der Waals surface area contributed by atoms with Gasteiger partial charge in [-0.2, -0.15) is 0 Å². The predicted octanol–water partition coefficient (Wildman–Crippen LogP) is 3.47. The molecule has 1 aliphatic heterocycles. The van der Waals surface area contributed by atoms with Crippen molar-refractivity contribution >= 4 is 47.8 Å². The molecule has 10 nitrogen and oxygen atoms in total. The van der Waals surface area contributed by atoms with Crippen molar-refractivity contribution in [1.29, 1.82) is 0 Å². The maximum Gasteiger partial charge on any atom is 0.264 e. The van der Waals surface area contributed by atoms with E-state index in [-0.39, 0.29) is 39.5 Å². The van der Waals surface area contributed by atoms with Gasteiger partial charge in [0.2, 0.25) is 19.9 Å². The maximum absolute atomic E-state index is 13.8. The molecule has 0 saturated heterocycles. The second-order valence-electron chi connectivity index (χ2n) is 8.91. The first-order valence-corrected chi connectivity index (χ1v) is 14.8. The summed E-state index contributed by atoms with van der Waals surface area (Å²) in [7, 11) is -6.39. The van der Waals surface area contributed by atoms with Crippen LogP contribution in [0.25, 0.3) is 16.6 Å². The van der Waals surface area contributed by atoms with Gasteiger partial charge in [0.1, 0.15) is 22.9 Å². The van der Waals surface area contributed by atoms with Gasteiger partial charge >= 0.3 is 0 Å². The van der Waals surface area contributed by atoms with Crippen molar-refractivity contribution in [3.8, 4) is 11.5 Å². The second kappa shape index (κ2) is 9.43. The van der Waals surface area contributed by atoms with Crippen molar-refractivity contribution in [2.75, 3.05) is 23.4 Å². The molecule has 3 N–H and O–H groups in total. The van der Waals surface area contributed by atoms with E-state index in [1.165, 1.54) is 54.1 Å². The van der Waals surface area contributed by atoms with Crippen molar-refractivity contribution in [3.05, 3.63) is 93.4 Å². The highest BCUT2D eigenvalue weighted by Crippen LogP contribution is 2.39. The Hall–Kier alpha value is -4.36. The zero-order chi connectivity index (χ0) is 28.1. The van der Waals surface area contributed by atoms with Gasteiger partial charge in [-0.1, -0.05) is 12.1 Å². The molecule has 0 amide bonds. The standard InChI is InChI=1S/C26H22FN3O7S2/c1-37-18-8-10-22-19(12-18)25(31)24(26(32)30(22)13-15-3-5-16(27)6-4-15)21-14-39(35,36)23-11-17(29-38(2,33)34)7-9-20(23)28-21/h3-12,14,28-29,31H,13H2,1-2H3. The molecule has 0 radical (unpaired) electrons. The van der Waals surface area contributed by atoms with Gasteiger partial charge in [-0.05, 0) is 54.1 Å². The van der Waals surface area contributed by atoms with Crippen LogP contribution in [0.5, 0.6) is 11.5 Å². The number of sulfone groups is 1. The summed E-state index contributed by atoms with van der Waals surface area (Å²) in [5, 5.41) is 15.2. The number of nitrogens with zero attached hydrogens (tertiary/aromatic N) is 1. The highest BCUT2D eigenvalue weighted by Gasteiger charge is 2.29. The zero-order valence-electron chi connectivity index (χ0n) is 20.6. The van der Waals surface area contributed by atoms with Crippen LogP contribution in [0.15, 0.2) is 75.8 Å². The molecule has 1 aromatic heterocycles. The molecule has 1 aliphatic rings. The Labute approximate surface area is 223 Å². The van der Waals surface area contributed by atoms with E-state index in [0.717, 1.165) is 17.7 Å². The van der Waals surface area contributed by atoms with Gasteiger partial charge in [-0.3, -0.25) is 9.52 Å². The summed E-state index contributed by atoms with van der Waals surface area (Å²) in [6.07, 6.45) is 0.936. The average Bonchev–Trinajstić information content (AvgIpc) is 2.86. The largest absolute Gasteiger partial charge is 0.506 e. The number of hydrogen-bond acceptors (Lipinski definition) is 8. The number of pyridine rings is 1. The van der Waals surface area contributed by atoms with E-state index < -0.39 is 37.0 Å². The summed E-state index contributed by atoms with van der Waals surface area (Å²) in [4.78, 5) is 13.6. The number of hydrogen-bond donors (Lipinski definition) is 3. The number of fused-ring (bicyclic) bond motifs is 2. The molecule has 0 saturated carbocycles. The Kier molecular flexibility index (Phi) is 6.35. The molecule has 0 atom stereocenters. The van der Waals surface area contributed by atoms with Gasteiger partial charge < -0.3 is 19.7 Å². The summed E-state index contributed by atoms with van der Waals surface area (Å²) in [5.74, 6) is -0.510. The molecule has 4 aromatic rings. The molecule has 13 heteroatoms. The van der Waals surface area contributed by atoms with Crippen molar-refractivity contribution < 1.29 is 31.1 Å². The van der Waals surface area contributed by atoms with Crippen molar-refractivity contribution in [3.63, 3.8) is 0 Å². The number of aromatic hydroxyl groups is 1. The molecule has 0 fully saturated rings. The minimum atomic E-state index is -4.18. The topological polar surface area (TPSA) is 144 Å². The number of benzene rings is 3. The van der Waals surface area contributed by atoms with Crippen LogP contribution in [-0.4, -0.2) is 39.9 Å². The summed E-state index contributed by atoms with van der Waals surface area (Å²) < 4.78 is 72.0. The quantitative estimate of drug-likeness (QED) is 0.319. The van der Waals surface area contributed by atoms with Crippen LogP contribution in [0, 0.1) is 5.82 Å². The van der Waals surface area contributed by atoms with Crippen LogP contribution in [-0.2, 0) is 26.4 Å². The fourth-order valence-electron chi connectivity index (χ4n) is 4.37. The van der Waals surface area contributed by atoms with E-state index in [2.05, 4.69) is 10.0 Å². The van der Waals surface area contributed by atoms with Crippen LogP contribution in [0.2, 0.25) is 0 Å². The average molecular weight is 572 g/mol. The molecule has 0 aliphatic carbocycles. The molecule has 0 unspecified atom stereocenters. The molecule has 3 aromatic carbocycles. The molecular formula is C26H22FN3O7S2. The Morgan fingerprint density at radius 2 is 1.79 bits per heavy atom. The number of nitrogens with one attached hydrogen (secondary N) is 2. The van der Waals surface area contributed by atoms with Crippen LogP contribution >= 0.6 is 0 Å². The number of ether oxygens (including phenoxy) is 1. The highest BCUT2D eigenvalue weighted by atomic mass is 32.2. The molecule has 0 spiro atoms. The van der Waals surface area contributed by atoms with Crippen molar-refractivity contribution in [2.24, 2.45) is 0 Å². The van der Waals surface area contributed by atoms with Crippen LogP contribution in [0.3, 0.4) is 0 Å². The summed E-state index contributed by atoms with van der Waals surface area (Å²) in [6.45, 7) is 0.00631. The Balaban J connectivity index is 1.70. The molecule has 2 heterocycles. The van der Waals surface area contributed by atoms with E-state index in [9.17, 15) is 31.1 Å². The van der Waals surface area contributed by atoms with Crippen LogP contribution in [0.4, 0.5) is 15.8 Å². The SMILES string of the molecule is COc1ccc2c(c1)c(O)c(C1=CS(=O)(=O)c3cc(NS(C)(=O)=O)ccc3N1)c(=O)n2Cc1ccc(F)cc1. The van der Waals surface area contributed by atoms with Crippen LogP contribution in [0.1, 0.15) is 11.1 Å². The predicted molar refractivity (Wildman–Crippen MR) is 146 cm³/mol. The van der Waals surface area contributed by atoms with Crippen molar-refractivity contribution in [1.82, 2.24) is 4.57 Å².